The highest BCUT2D eigenvalue weighted by Gasteiger charge is 2.16. The van der Waals surface area contributed by atoms with Crippen molar-refractivity contribution >= 4 is 27.8 Å². The summed E-state index contributed by atoms with van der Waals surface area (Å²) in [6.45, 7) is 6.05. The summed E-state index contributed by atoms with van der Waals surface area (Å²) in [5.41, 5.74) is 2.52. The van der Waals surface area contributed by atoms with Crippen LogP contribution in [0.25, 0.3) is 21.9 Å². The number of carbonyl (C=O) groups excluding carboxylic acids is 1. The van der Waals surface area contributed by atoms with Gasteiger partial charge in [-0.3, -0.25) is 9.78 Å². The van der Waals surface area contributed by atoms with Gasteiger partial charge in [-0.05, 0) is 64.0 Å². The van der Waals surface area contributed by atoms with E-state index >= 15 is 0 Å². The van der Waals surface area contributed by atoms with Crippen LogP contribution in [0.3, 0.4) is 0 Å². The first-order valence-corrected chi connectivity index (χ1v) is 10.0. The molecule has 3 aromatic rings. The molecule has 2 aromatic heterocycles. The Bertz CT molecular complexity index is 939. The molecule has 4 rings (SSSR count). The predicted molar refractivity (Wildman–Crippen MR) is 108 cm³/mol. The number of hydrogen-bond donors (Lipinski definition) is 1. The molecule has 1 N–H and O–H groups in total. The smallest absolute Gasteiger partial charge is 0.287 e. The van der Waals surface area contributed by atoms with Crippen molar-refractivity contribution in [2.24, 2.45) is 0 Å². The van der Waals surface area contributed by atoms with Crippen molar-refractivity contribution in [3.05, 3.63) is 41.8 Å². The molecule has 1 aromatic carbocycles. The first kappa shape index (κ1) is 18.0. The van der Waals surface area contributed by atoms with E-state index in [1.54, 1.807) is 0 Å². The van der Waals surface area contributed by atoms with E-state index in [0.717, 1.165) is 40.5 Å². The highest BCUT2D eigenvalue weighted by Crippen LogP contribution is 2.29. The number of hydrogen-bond acceptors (Lipinski definition) is 4. The number of para-hydroxylation sites is 1. The number of nitrogens with zero attached hydrogens (tertiary/aromatic N) is 2. The Balaban J connectivity index is 1.40. The van der Waals surface area contributed by atoms with Crippen molar-refractivity contribution in [2.45, 2.75) is 39.0 Å². The lowest BCUT2D eigenvalue weighted by Gasteiger charge is -2.19. The Kier molecular flexibility index (Phi) is 5.39. The SMILES string of the molecule is Cc1nc2ccccc2c2oc(C(=O)NCCCN3CCCCCC3)cc12. The molecule has 0 unspecified atom stereocenters. The van der Waals surface area contributed by atoms with Gasteiger partial charge < -0.3 is 14.6 Å². The van der Waals surface area contributed by atoms with E-state index in [9.17, 15) is 4.79 Å². The second kappa shape index (κ2) is 8.09. The van der Waals surface area contributed by atoms with Gasteiger partial charge in [0.15, 0.2) is 5.76 Å². The van der Waals surface area contributed by atoms with Crippen LogP contribution in [-0.2, 0) is 0 Å². The second-order valence-electron chi connectivity index (χ2n) is 7.43. The van der Waals surface area contributed by atoms with Gasteiger partial charge in [0, 0.05) is 23.0 Å². The summed E-state index contributed by atoms with van der Waals surface area (Å²) in [5.74, 6) is 0.214. The molecule has 3 heterocycles. The fraction of sp³-hybridized carbons (Fsp3) is 0.455. The zero-order valence-corrected chi connectivity index (χ0v) is 16.0. The van der Waals surface area contributed by atoms with Crippen molar-refractivity contribution in [1.29, 1.82) is 0 Å². The summed E-state index contributed by atoms with van der Waals surface area (Å²) in [4.78, 5) is 19.7. The summed E-state index contributed by atoms with van der Waals surface area (Å²) >= 11 is 0. The number of nitrogens with one attached hydrogen (secondary N) is 1. The van der Waals surface area contributed by atoms with Gasteiger partial charge in [-0.25, -0.2) is 0 Å². The van der Waals surface area contributed by atoms with Gasteiger partial charge in [0.25, 0.3) is 5.91 Å². The fourth-order valence-corrected chi connectivity index (χ4v) is 3.93. The third-order valence-electron chi connectivity index (χ3n) is 5.42. The van der Waals surface area contributed by atoms with Crippen molar-refractivity contribution in [2.75, 3.05) is 26.2 Å². The summed E-state index contributed by atoms with van der Waals surface area (Å²) in [6, 6.07) is 9.68. The average molecular weight is 365 g/mol. The number of pyridine rings is 1. The lowest BCUT2D eigenvalue weighted by molar-refractivity contribution is 0.0926. The van der Waals surface area contributed by atoms with Gasteiger partial charge >= 0.3 is 0 Å². The van der Waals surface area contributed by atoms with E-state index in [0.29, 0.717) is 12.3 Å². The molecule has 0 saturated carbocycles. The molecule has 0 radical (unpaired) electrons. The van der Waals surface area contributed by atoms with Crippen LogP contribution in [-0.4, -0.2) is 42.0 Å². The Morgan fingerprint density at radius 1 is 1.15 bits per heavy atom. The quantitative estimate of drug-likeness (QED) is 0.686. The number of likely N-dealkylation sites (tertiary alicyclic amines) is 1. The Labute approximate surface area is 159 Å². The van der Waals surface area contributed by atoms with Gasteiger partial charge in [-0.2, -0.15) is 0 Å². The molecule has 1 aliphatic rings. The molecule has 5 heteroatoms. The number of carbonyl (C=O) groups is 1. The number of aryl methyl sites for hydroxylation is 1. The minimum atomic E-state index is -0.148. The van der Waals surface area contributed by atoms with Gasteiger partial charge in [0.2, 0.25) is 0 Å². The van der Waals surface area contributed by atoms with Gasteiger partial charge in [-0.15, -0.1) is 0 Å². The monoisotopic (exact) mass is 365 g/mol. The van der Waals surface area contributed by atoms with Gasteiger partial charge in [0.05, 0.1) is 5.52 Å². The molecule has 5 nitrogen and oxygen atoms in total. The van der Waals surface area contributed by atoms with Crippen LogP contribution in [0.4, 0.5) is 0 Å². The van der Waals surface area contributed by atoms with Crippen LogP contribution in [0.2, 0.25) is 0 Å². The molecule has 0 aliphatic carbocycles. The van der Waals surface area contributed by atoms with Crippen molar-refractivity contribution in [3.63, 3.8) is 0 Å². The van der Waals surface area contributed by atoms with E-state index in [1.165, 1.54) is 38.8 Å². The molecule has 142 valence electrons. The first-order valence-electron chi connectivity index (χ1n) is 10.0. The minimum Gasteiger partial charge on any atom is -0.450 e. The second-order valence-corrected chi connectivity index (χ2v) is 7.43. The average Bonchev–Trinajstić information content (AvgIpc) is 2.98. The minimum absolute atomic E-state index is 0.148. The Morgan fingerprint density at radius 3 is 2.74 bits per heavy atom. The molecule has 1 fully saturated rings. The van der Waals surface area contributed by atoms with E-state index in [-0.39, 0.29) is 5.91 Å². The number of furan rings is 1. The standard InChI is InChI=1S/C22H27N3O2/c1-16-18-15-20(27-21(18)17-9-4-5-10-19(17)24-16)22(26)23-11-8-14-25-12-6-2-3-7-13-25/h4-5,9-10,15H,2-3,6-8,11-14H2,1H3,(H,23,26). The zero-order valence-electron chi connectivity index (χ0n) is 16.0. The lowest BCUT2D eigenvalue weighted by atomic mass is 10.1. The number of fused-ring (bicyclic) bond motifs is 3. The Morgan fingerprint density at radius 2 is 1.93 bits per heavy atom. The maximum absolute atomic E-state index is 12.5. The molecule has 27 heavy (non-hydrogen) atoms. The molecule has 0 atom stereocenters. The highest BCUT2D eigenvalue weighted by molar-refractivity contribution is 6.06. The van der Waals surface area contributed by atoms with Gasteiger partial charge in [0.1, 0.15) is 5.58 Å². The number of aromatic nitrogens is 1. The van der Waals surface area contributed by atoms with E-state index < -0.39 is 0 Å². The summed E-state index contributed by atoms with van der Waals surface area (Å²) in [7, 11) is 0. The summed E-state index contributed by atoms with van der Waals surface area (Å²) < 4.78 is 5.93. The first-order chi connectivity index (χ1) is 13.2. The van der Waals surface area contributed by atoms with Crippen LogP contribution >= 0.6 is 0 Å². The molecular weight excluding hydrogens is 338 g/mol. The number of benzene rings is 1. The summed E-state index contributed by atoms with van der Waals surface area (Å²) in [6.07, 6.45) is 6.26. The van der Waals surface area contributed by atoms with Crippen molar-refractivity contribution in [3.8, 4) is 0 Å². The maximum Gasteiger partial charge on any atom is 0.287 e. The Hall–Kier alpha value is -2.40. The van der Waals surface area contributed by atoms with Crippen LogP contribution in [0.5, 0.6) is 0 Å². The lowest BCUT2D eigenvalue weighted by Crippen LogP contribution is -2.30. The molecule has 0 spiro atoms. The molecular formula is C22H27N3O2. The summed E-state index contributed by atoms with van der Waals surface area (Å²) in [5, 5.41) is 4.85. The van der Waals surface area contributed by atoms with Crippen molar-refractivity contribution < 1.29 is 9.21 Å². The topological polar surface area (TPSA) is 58.4 Å². The van der Waals surface area contributed by atoms with Crippen LogP contribution in [0.15, 0.2) is 34.7 Å². The third-order valence-corrected chi connectivity index (χ3v) is 5.42. The van der Waals surface area contributed by atoms with Crippen molar-refractivity contribution in [1.82, 2.24) is 15.2 Å². The number of rotatable bonds is 5. The third kappa shape index (κ3) is 3.98. The van der Waals surface area contributed by atoms with Crippen LogP contribution in [0.1, 0.15) is 48.4 Å². The molecule has 1 amide bonds. The fourth-order valence-electron chi connectivity index (χ4n) is 3.93. The molecule has 1 aliphatic heterocycles. The predicted octanol–water partition coefficient (Wildman–Crippen LogP) is 4.29. The molecule has 1 saturated heterocycles. The van der Waals surface area contributed by atoms with Crippen LogP contribution in [0, 0.1) is 6.92 Å². The number of amides is 1. The zero-order chi connectivity index (χ0) is 18.6. The van der Waals surface area contributed by atoms with E-state index in [2.05, 4.69) is 15.2 Å². The maximum atomic E-state index is 12.5. The van der Waals surface area contributed by atoms with E-state index in [1.807, 2.05) is 37.3 Å². The van der Waals surface area contributed by atoms with E-state index in [4.69, 9.17) is 4.42 Å². The largest absolute Gasteiger partial charge is 0.450 e. The van der Waals surface area contributed by atoms with Gasteiger partial charge in [-0.1, -0.05) is 25.0 Å². The normalized spacial score (nSPS) is 15.9. The highest BCUT2D eigenvalue weighted by atomic mass is 16.3. The van der Waals surface area contributed by atoms with Crippen LogP contribution < -0.4 is 5.32 Å². The molecule has 0 bridgehead atoms.